The highest BCUT2D eigenvalue weighted by Crippen LogP contribution is 2.55. The van der Waals surface area contributed by atoms with Crippen molar-refractivity contribution in [2.75, 3.05) is 51.3 Å². The molecule has 5 atom stereocenters. The average Bonchev–Trinajstić information content (AvgIpc) is 3.40. The lowest BCUT2D eigenvalue weighted by molar-refractivity contribution is 0.0388. The fourth-order valence-corrected chi connectivity index (χ4v) is 6.95. The van der Waals surface area contributed by atoms with Crippen LogP contribution in [0.1, 0.15) is 32.1 Å². The van der Waals surface area contributed by atoms with Gasteiger partial charge in [0.05, 0.1) is 19.4 Å². The molecule has 0 aromatic heterocycles. The van der Waals surface area contributed by atoms with Gasteiger partial charge in [-0.25, -0.2) is 4.79 Å². The van der Waals surface area contributed by atoms with Gasteiger partial charge in [-0.05, 0) is 50.2 Å². The van der Waals surface area contributed by atoms with Gasteiger partial charge >= 0.3 is 6.09 Å². The highest BCUT2D eigenvalue weighted by molar-refractivity contribution is 5.69. The zero-order chi connectivity index (χ0) is 20.3. The second-order valence-corrected chi connectivity index (χ2v) is 10.3. The molecule has 162 valence electrons. The molecule has 5 aliphatic heterocycles. The van der Waals surface area contributed by atoms with E-state index in [1.165, 1.54) is 12.2 Å². The molecule has 1 aromatic carbocycles. The highest BCUT2D eigenvalue weighted by Gasteiger charge is 2.58. The Kier molecular flexibility index (Phi) is 4.41. The quantitative estimate of drug-likeness (QED) is 0.748. The summed E-state index contributed by atoms with van der Waals surface area (Å²) < 4.78 is 11.6. The Morgan fingerprint density at radius 1 is 1.10 bits per heavy atom. The van der Waals surface area contributed by atoms with Gasteiger partial charge in [0.1, 0.15) is 5.75 Å². The van der Waals surface area contributed by atoms with Crippen LogP contribution in [0.3, 0.4) is 0 Å². The molecule has 1 spiro atoms. The van der Waals surface area contributed by atoms with E-state index in [9.17, 15) is 4.79 Å². The minimum absolute atomic E-state index is 0.0457. The van der Waals surface area contributed by atoms with Crippen LogP contribution in [0, 0.1) is 17.3 Å². The number of nitrogens with zero attached hydrogens (tertiary/aromatic N) is 3. The predicted molar refractivity (Wildman–Crippen MR) is 115 cm³/mol. The molecule has 6 bridgehead atoms. The number of anilines is 1. The van der Waals surface area contributed by atoms with Crippen molar-refractivity contribution in [3.63, 3.8) is 0 Å². The maximum atomic E-state index is 12.9. The van der Waals surface area contributed by atoms with Crippen molar-refractivity contribution in [1.29, 1.82) is 0 Å². The Labute approximate surface area is 179 Å². The van der Waals surface area contributed by atoms with E-state index in [0.717, 1.165) is 64.0 Å². The Balaban J connectivity index is 1.29. The van der Waals surface area contributed by atoms with E-state index in [2.05, 4.69) is 32.9 Å². The molecule has 1 aromatic rings. The van der Waals surface area contributed by atoms with Crippen LogP contribution in [0.15, 0.2) is 24.3 Å². The number of amides is 1. The topological polar surface area (TPSA) is 45.2 Å². The number of fused-ring (bicyclic) bond motifs is 2. The molecule has 6 fully saturated rings. The third-order valence-electron chi connectivity index (χ3n) is 8.48. The van der Waals surface area contributed by atoms with Gasteiger partial charge in [-0.15, -0.1) is 0 Å². The first-order valence-electron chi connectivity index (χ1n) is 11.7. The monoisotopic (exact) mass is 411 g/mol. The van der Waals surface area contributed by atoms with E-state index in [1.807, 2.05) is 6.07 Å². The van der Waals surface area contributed by atoms with E-state index in [4.69, 9.17) is 9.47 Å². The summed E-state index contributed by atoms with van der Waals surface area (Å²) in [6.07, 6.45) is 5.72. The first kappa shape index (κ1) is 18.8. The Bertz CT molecular complexity index is 818. The van der Waals surface area contributed by atoms with E-state index in [1.54, 1.807) is 7.11 Å². The number of hydrogen-bond acceptors (Lipinski definition) is 5. The molecule has 7 rings (SSSR count). The van der Waals surface area contributed by atoms with Gasteiger partial charge in [0.15, 0.2) is 0 Å². The number of rotatable bonds is 2. The molecule has 1 saturated carbocycles. The highest BCUT2D eigenvalue weighted by atomic mass is 16.6. The zero-order valence-corrected chi connectivity index (χ0v) is 18.0. The van der Waals surface area contributed by atoms with Gasteiger partial charge in [-0.2, -0.15) is 0 Å². The normalized spacial score (nSPS) is 40.0. The lowest BCUT2D eigenvalue weighted by Crippen LogP contribution is -2.49. The van der Waals surface area contributed by atoms with E-state index in [-0.39, 0.29) is 11.5 Å². The molecule has 1 aliphatic carbocycles. The summed E-state index contributed by atoms with van der Waals surface area (Å²) >= 11 is 0. The summed E-state index contributed by atoms with van der Waals surface area (Å²) in [5.41, 5.74) is 1.42. The first-order chi connectivity index (χ1) is 14.6. The zero-order valence-electron chi connectivity index (χ0n) is 18.0. The minimum atomic E-state index is -0.0457. The number of carbonyl (C=O) groups is 1. The van der Waals surface area contributed by atoms with Crippen molar-refractivity contribution in [2.24, 2.45) is 17.3 Å². The van der Waals surface area contributed by atoms with Crippen LogP contribution in [-0.4, -0.2) is 74.4 Å². The van der Waals surface area contributed by atoms with Crippen LogP contribution in [-0.2, 0) is 4.74 Å². The van der Waals surface area contributed by atoms with Gasteiger partial charge in [0.25, 0.3) is 0 Å². The number of carbonyl (C=O) groups excluding carboxylic acids is 1. The second kappa shape index (κ2) is 7.04. The van der Waals surface area contributed by atoms with Crippen LogP contribution in [0.25, 0.3) is 0 Å². The van der Waals surface area contributed by atoms with Crippen LogP contribution < -0.4 is 9.64 Å². The maximum Gasteiger partial charge on any atom is 0.410 e. The van der Waals surface area contributed by atoms with E-state index < -0.39 is 0 Å². The largest absolute Gasteiger partial charge is 0.495 e. The van der Waals surface area contributed by atoms with Crippen LogP contribution in [0.5, 0.6) is 5.75 Å². The molecule has 0 radical (unpaired) electrons. The predicted octanol–water partition coefficient (Wildman–Crippen LogP) is 3.22. The number of ether oxygens (including phenoxy) is 2. The van der Waals surface area contributed by atoms with Crippen molar-refractivity contribution < 1.29 is 14.3 Å². The Morgan fingerprint density at radius 2 is 1.90 bits per heavy atom. The van der Waals surface area contributed by atoms with Crippen LogP contribution in [0.4, 0.5) is 10.5 Å². The number of para-hydroxylation sites is 2. The van der Waals surface area contributed by atoms with Gasteiger partial charge in [-0.1, -0.05) is 12.1 Å². The van der Waals surface area contributed by atoms with Gasteiger partial charge in [0, 0.05) is 56.1 Å². The van der Waals surface area contributed by atoms with E-state index >= 15 is 0 Å². The van der Waals surface area contributed by atoms with Crippen LogP contribution >= 0.6 is 0 Å². The fraction of sp³-hybridized carbons (Fsp3) is 0.708. The summed E-state index contributed by atoms with van der Waals surface area (Å²) in [6.45, 7) is 6.04. The Morgan fingerprint density at radius 3 is 2.70 bits per heavy atom. The molecule has 5 saturated heterocycles. The third-order valence-corrected chi connectivity index (χ3v) is 8.48. The van der Waals surface area contributed by atoms with Crippen molar-refractivity contribution in [3.8, 4) is 5.75 Å². The van der Waals surface area contributed by atoms with Crippen LogP contribution in [0.2, 0.25) is 0 Å². The molecule has 6 aliphatic rings. The molecule has 6 nitrogen and oxygen atoms in total. The number of piperidine rings is 1. The van der Waals surface area contributed by atoms with Crippen molar-refractivity contribution in [1.82, 2.24) is 9.80 Å². The molecule has 5 heterocycles. The van der Waals surface area contributed by atoms with Gasteiger partial charge in [-0.3, -0.25) is 0 Å². The summed E-state index contributed by atoms with van der Waals surface area (Å²) in [4.78, 5) is 20.2. The van der Waals surface area contributed by atoms with Crippen molar-refractivity contribution >= 4 is 11.8 Å². The first-order valence-corrected chi connectivity index (χ1v) is 11.7. The average molecular weight is 412 g/mol. The van der Waals surface area contributed by atoms with Gasteiger partial charge < -0.3 is 24.2 Å². The summed E-state index contributed by atoms with van der Waals surface area (Å²) in [7, 11) is 1.76. The SMILES string of the molecule is COc1ccccc1N1CCN2CC3CC4CCC(C3)N4C(=O)OCC3CC3(C2)C1. The molecule has 5 unspecified atom stereocenters. The molecule has 0 N–H and O–H groups in total. The number of hydrogen-bond donors (Lipinski definition) is 0. The van der Waals surface area contributed by atoms with E-state index in [0.29, 0.717) is 30.5 Å². The molecule has 30 heavy (non-hydrogen) atoms. The lowest BCUT2D eigenvalue weighted by atomic mass is 9.90. The summed E-state index contributed by atoms with van der Waals surface area (Å²) in [6, 6.07) is 9.19. The smallest absolute Gasteiger partial charge is 0.410 e. The maximum absolute atomic E-state index is 12.9. The van der Waals surface area contributed by atoms with Crippen molar-refractivity contribution in [2.45, 2.75) is 44.2 Å². The molecule has 6 heteroatoms. The standard InChI is InChI=1S/C24H33N3O3/c1-29-22-5-3-2-4-21(22)26-9-8-25-13-17-10-19-6-7-20(11-17)27(19)23(28)30-14-18-12-24(18,15-25)16-26/h2-5,17-20H,6-16H2,1H3. The Hall–Kier alpha value is -1.95. The van der Waals surface area contributed by atoms with Gasteiger partial charge in [0.2, 0.25) is 0 Å². The third kappa shape index (κ3) is 3.06. The summed E-state index contributed by atoms with van der Waals surface area (Å²) in [5, 5.41) is 0. The molecule has 1 amide bonds. The number of benzene rings is 1. The molecular weight excluding hydrogens is 378 g/mol. The lowest BCUT2D eigenvalue weighted by Gasteiger charge is -2.40. The molecular formula is C24H33N3O3. The summed E-state index contributed by atoms with van der Waals surface area (Å²) in [5.74, 6) is 2.12. The fourth-order valence-electron chi connectivity index (χ4n) is 6.95. The second-order valence-electron chi connectivity index (χ2n) is 10.3. The van der Waals surface area contributed by atoms with Crippen molar-refractivity contribution in [3.05, 3.63) is 24.3 Å². The minimum Gasteiger partial charge on any atom is -0.495 e. The number of methoxy groups -OCH3 is 1.